The Labute approximate surface area is 108 Å². The quantitative estimate of drug-likeness (QED) is 0.743. The molecule has 0 atom stereocenters. The van der Waals surface area contributed by atoms with Crippen LogP contribution in [-0.2, 0) is 20.6 Å². The van der Waals surface area contributed by atoms with E-state index in [9.17, 15) is 9.59 Å². The normalized spacial score (nSPS) is 11.3. The Bertz CT molecular complexity index is 683. The van der Waals surface area contributed by atoms with Gasteiger partial charge in [0, 0.05) is 20.6 Å². The average molecular weight is 268 g/mol. The molecule has 0 saturated carbocycles. The number of imidazole rings is 1. The van der Waals surface area contributed by atoms with Crippen molar-refractivity contribution in [2.24, 2.45) is 14.1 Å². The molecule has 98 valence electrons. The molecule has 0 aliphatic rings. The molecule has 2 aromatic rings. The Morgan fingerprint density at radius 2 is 2.06 bits per heavy atom. The van der Waals surface area contributed by atoms with Gasteiger partial charge in [-0.25, -0.2) is 9.78 Å². The van der Waals surface area contributed by atoms with E-state index in [2.05, 4.69) is 4.98 Å². The minimum absolute atomic E-state index is 0.255. The van der Waals surface area contributed by atoms with Crippen molar-refractivity contribution in [3.63, 3.8) is 0 Å². The van der Waals surface area contributed by atoms with Gasteiger partial charge in [0.15, 0.2) is 11.2 Å². The number of nitrogens with zero attached hydrogens (tertiary/aromatic N) is 4. The Kier molecular flexibility index (Phi) is 3.60. The van der Waals surface area contributed by atoms with Crippen molar-refractivity contribution in [3.8, 4) is 0 Å². The summed E-state index contributed by atoms with van der Waals surface area (Å²) in [5, 5.41) is 0. The third kappa shape index (κ3) is 1.98. The molecule has 7 heteroatoms. The van der Waals surface area contributed by atoms with Crippen LogP contribution in [0.15, 0.2) is 15.9 Å². The molecule has 0 aliphatic carbocycles. The van der Waals surface area contributed by atoms with Crippen LogP contribution >= 0.6 is 11.8 Å². The highest BCUT2D eigenvalue weighted by Gasteiger charge is 2.14. The first-order valence-corrected chi connectivity index (χ1v) is 7.07. The van der Waals surface area contributed by atoms with Crippen LogP contribution < -0.4 is 11.2 Å². The molecule has 0 amide bonds. The van der Waals surface area contributed by atoms with Gasteiger partial charge in [0.25, 0.3) is 5.56 Å². The highest BCUT2D eigenvalue weighted by atomic mass is 32.2. The van der Waals surface area contributed by atoms with Crippen molar-refractivity contribution >= 4 is 22.9 Å². The zero-order valence-electron chi connectivity index (χ0n) is 10.7. The number of fused-ring (bicyclic) bond motifs is 1. The molecule has 0 N–H and O–H groups in total. The fourth-order valence-corrected chi connectivity index (χ4v) is 2.38. The first-order valence-electron chi connectivity index (χ1n) is 5.67. The number of hydrogen-bond acceptors (Lipinski definition) is 4. The molecular formula is C11H16N4O2S. The molecule has 2 heterocycles. The topological polar surface area (TPSA) is 61.8 Å². The van der Waals surface area contributed by atoms with Crippen LogP contribution in [0.5, 0.6) is 0 Å². The van der Waals surface area contributed by atoms with E-state index < -0.39 is 0 Å². The van der Waals surface area contributed by atoms with Crippen LogP contribution in [0.4, 0.5) is 0 Å². The molecule has 0 radical (unpaired) electrons. The smallest absolute Gasteiger partial charge is 0.328 e. The second kappa shape index (κ2) is 5.01. The largest absolute Gasteiger partial charge is 0.332 e. The van der Waals surface area contributed by atoms with Crippen LogP contribution in [0.1, 0.15) is 6.42 Å². The van der Waals surface area contributed by atoms with Crippen molar-refractivity contribution in [1.82, 2.24) is 18.7 Å². The van der Waals surface area contributed by atoms with E-state index >= 15 is 0 Å². The van der Waals surface area contributed by atoms with Crippen molar-refractivity contribution in [1.29, 1.82) is 0 Å². The summed E-state index contributed by atoms with van der Waals surface area (Å²) in [4.78, 5) is 28.4. The third-order valence-electron chi connectivity index (χ3n) is 2.93. The predicted molar refractivity (Wildman–Crippen MR) is 73.2 cm³/mol. The fourth-order valence-electron chi connectivity index (χ4n) is 1.96. The summed E-state index contributed by atoms with van der Waals surface area (Å²) in [6.45, 7) is 0.452. The fraction of sp³-hybridized carbons (Fsp3) is 0.545. The molecule has 0 fully saturated rings. The minimum Gasteiger partial charge on any atom is -0.328 e. The van der Waals surface area contributed by atoms with E-state index in [0.29, 0.717) is 17.7 Å². The molecule has 6 nitrogen and oxygen atoms in total. The van der Waals surface area contributed by atoms with Crippen molar-refractivity contribution in [2.45, 2.75) is 13.0 Å². The maximum absolute atomic E-state index is 12.3. The number of aromatic nitrogens is 4. The first-order chi connectivity index (χ1) is 8.57. The van der Waals surface area contributed by atoms with Gasteiger partial charge in [0.1, 0.15) is 0 Å². The lowest BCUT2D eigenvalue weighted by atomic mass is 10.4. The van der Waals surface area contributed by atoms with E-state index in [1.54, 1.807) is 36.8 Å². The Hall–Kier alpha value is -1.50. The lowest BCUT2D eigenvalue weighted by Crippen LogP contribution is -2.39. The van der Waals surface area contributed by atoms with Crippen LogP contribution in [0.2, 0.25) is 0 Å². The van der Waals surface area contributed by atoms with Gasteiger partial charge in [-0.05, 0) is 18.4 Å². The second-order valence-electron chi connectivity index (χ2n) is 4.17. The maximum atomic E-state index is 12.3. The summed E-state index contributed by atoms with van der Waals surface area (Å²) in [5.41, 5.74) is 0.358. The van der Waals surface area contributed by atoms with E-state index in [4.69, 9.17) is 0 Å². The van der Waals surface area contributed by atoms with E-state index in [0.717, 1.165) is 12.2 Å². The molecule has 0 spiro atoms. The Morgan fingerprint density at radius 1 is 1.33 bits per heavy atom. The predicted octanol–water partition coefficient (Wildman–Crippen LogP) is 0.187. The number of hydrogen-bond donors (Lipinski definition) is 0. The summed E-state index contributed by atoms with van der Waals surface area (Å²) < 4.78 is 4.37. The average Bonchev–Trinajstić information content (AvgIpc) is 2.73. The zero-order chi connectivity index (χ0) is 13.3. The summed E-state index contributed by atoms with van der Waals surface area (Å²) >= 11 is 1.70. The van der Waals surface area contributed by atoms with Crippen LogP contribution in [0.25, 0.3) is 11.2 Å². The first kappa shape index (κ1) is 12.9. The minimum atomic E-state index is -0.299. The number of aryl methyl sites for hydroxylation is 2. The van der Waals surface area contributed by atoms with E-state index in [1.807, 2.05) is 6.26 Å². The van der Waals surface area contributed by atoms with Crippen LogP contribution in [0.3, 0.4) is 0 Å². The molecule has 0 aromatic carbocycles. The number of thioether (sulfide) groups is 1. The van der Waals surface area contributed by atoms with Gasteiger partial charge in [-0.3, -0.25) is 13.9 Å². The SMILES string of the molecule is CSCCCn1c(=O)c2c(ncn2C)n(C)c1=O. The summed E-state index contributed by atoms with van der Waals surface area (Å²) in [6.07, 6.45) is 4.36. The van der Waals surface area contributed by atoms with Gasteiger partial charge in [0.05, 0.1) is 6.33 Å². The van der Waals surface area contributed by atoms with Gasteiger partial charge >= 0.3 is 5.69 Å². The highest BCUT2D eigenvalue weighted by Crippen LogP contribution is 2.03. The Balaban J connectivity index is 2.62. The Morgan fingerprint density at radius 3 is 2.72 bits per heavy atom. The lowest BCUT2D eigenvalue weighted by Gasteiger charge is -2.07. The van der Waals surface area contributed by atoms with Gasteiger partial charge in [0.2, 0.25) is 0 Å². The van der Waals surface area contributed by atoms with Gasteiger partial charge in [-0.1, -0.05) is 0 Å². The van der Waals surface area contributed by atoms with Gasteiger partial charge in [-0.15, -0.1) is 0 Å². The zero-order valence-corrected chi connectivity index (χ0v) is 11.5. The van der Waals surface area contributed by atoms with Crippen molar-refractivity contribution < 1.29 is 0 Å². The standard InChI is InChI=1S/C11H16N4O2S/c1-13-7-12-9-8(13)10(16)15(5-4-6-18-3)11(17)14(9)2/h7H,4-6H2,1-3H3. The monoisotopic (exact) mass is 268 g/mol. The third-order valence-corrected chi connectivity index (χ3v) is 3.63. The molecule has 2 rings (SSSR count). The molecule has 18 heavy (non-hydrogen) atoms. The van der Waals surface area contributed by atoms with Crippen molar-refractivity contribution in [3.05, 3.63) is 27.2 Å². The maximum Gasteiger partial charge on any atom is 0.332 e. The second-order valence-corrected chi connectivity index (χ2v) is 5.16. The highest BCUT2D eigenvalue weighted by molar-refractivity contribution is 7.98. The molecule has 0 aliphatic heterocycles. The lowest BCUT2D eigenvalue weighted by molar-refractivity contribution is 0.594. The van der Waals surface area contributed by atoms with Gasteiger partial charge in [-0.2, -0.15) is 11.8 Å². The molecular weight excluding hydrogens is 252 g/mol. The van der Waals surface area contributed by atoms with Crippen molar-refractivity contribution in [2.75, 3.05) is 12.0 Å². The van der Waals surface area contributed by atoms with E-state index in [1.165, 1.54) is 9.13 Å². The summed E-state index contributed by atoms with van der Waals surface area (Å²) in [5.74, 6) is 0.930. The van der Waals surface area contributed by atoms with Gasteiger partial charge < -0.3 is 4.57 Å². The molecule has 0 unspecified atom stereocenters. The van der Waals surface area contributed by atoms with E-state index in [-0.39, 0.29) is 11.2 Å². The van der Waals surface area contributed by atoms with Crippen LogP contribution in [0, 0.1) is 0 Å². The van der Waals surface area contributed by atoms with Crippen LogP contribution in [-0.4, -0.2) is 30.7 Å². The molecule has 0 saturated heterocycles. The number of rotatable bonds is 4. The molecule has 0 bridgehead atoms. The summed E-state index contributed by atoms with van der Waals surface area (Å²) in [7, 11) is 3.40. The summed E-state index contributed by atoms with van der Waals surface area (Å²) in [6, 6.07) is 0. The molecule has 2 aromatic heterocycles.